The van der Waals surface area contributed by atoms with E-state index in [0.29, 0.717) is 19.8 Å². The van der Waals surface area contributed by atoms with Crippen LogP contribution in [0.25, 0.3) is 5.69 Å². The predicted octanol–water partition coefficient (Wildman–Crippen LogP) is 3.25. The molecule has 0 N–H and O–H groups in total. The first kappa shape index (κ1) is 19.2. The maximum absolute atomic E-state index is 12.7. The topological polar surface area (TPSA) is 43.7 Å². The van der Waals surface area contributed by atoms with Gasteiger partial charge in [0.25, 0.3) is 0 Å². The highest BCUT2D eigenvalue weighted by Gasteiger charge is 2.18. The van der Waals surface area contributed by atoms with E-state index in [4.69, 9.17) is 9.47 Å². The Hall–Kier alpha value is -2.11. The molecule has 136 valence electrons. The molecule has 1 aromatic heterocycles. The lowest BCUT2D eigenvalue weighted by Gasteiger charge is -2.15. The SMILES string of the molecule is CCOc1ccc(-n2c(C)cc(C(=O)CN(C)CCOC)c2C)cc1. The Kier molecular flexibility index (Phi) is 6.79. The van der Waals surface area contributed by atoms with E-state index < -0.39 is 0 Å². The van der Waals surface area contributed by atoms with Gasteiger partial charge in [0, 0.05) is 36.3 Å². The standard InChI is InChI=1S/C20H28N2O3/c1-6-25-18-9-7-17(8-10-18)22-15(2)13-19(16(22)3)20(23)14-21(4)11-12-24-5/h7-10,13H,6,11-12,14H2,1-5H3. The second-order valence-electron chi connectivity index (χ2n) is 6.20. The first-order chi connectivity index (χ1) is 12.0. The number of methoxy groups -OCH3 is 1. The number of carbonyl (C=O) groups is 1. The number of hydrogen-bond donors (Lipinski definition) is 0. The van der Waals surface area contributed by atoms with Crippen molar-refractivity contribution in [3.05, 3.63) is 47.3 Å². The molecule has 2 rings (SSSR count). The molecule has 2 aromatic rings. The number of rotatable bonds is 9. The van der Waals surface area contributed by atoms with Gasteiger partial charge in [0.2, 0.25) is 0 Å². The third-order valence-electron chi connectivity index (χ3n) is 4.23. The number of aromatic nitrogens is 1. The summed E-state index contributed by atoms with van der Waals surface area (Å²) in [5.41, 5.74) is 3.82. The van der Waals surface area contributed by atoms with Gasteiger partial charge < -0.3 is 14.0 Å². The fraction of sp³-hybridized carbons (Fsp3) is 0.450. The van der Waals surface area contributed by atoms with Crippen molar-refractivity contribution in [3.63, 3.8) is 0 Å². The second-order valence-corrected chi connectivity index (χ2v) is 6.20. The van der Waals surface area contributed by atoms with E-state index in [0.717, 1.165) is 34.9 Å². The Morgan fingerprint density at radius 3 is 2.48 bits per heavy atom. The van der Waals surface area contributed by atoms with Crippen molar-refractivity contribution < 1.29 is 14.3 Å². The van der Waals surface area contributed by atoms with Gasteiger partial charge in [-0.05, 0) is 58.2 Å². The van der Waals surface area contributed by atoms with Crippen LogP contribution < -0.4 is 4.74 Å². The third-order valence-corrected chi connectivity index (χ3v) is 4.23. The number of nitrogens with zero attached hydrogens (tertiary/aromatic N) is 2. The second kappa shape index (κ2) is 8.83. The van der Waals surface area contributed by atoms with E-state index in [1.165, 1.54) is 0 Å². The minimum Gasteiger partial charge on any atom is -0.494 e. The first-order valence-electron chi connectivity index (χ1n) is 8.60. The maximum Gasteiger partial charge on any atom is 0.178 e. The number of likely N-dealkylation sites (N-methyl/N-ethyl adjacent to an activating group) is 1. The van der Waals surface area contributed by atoms with Crippen LogP contribution in [0.4, 0.5) is 0 Å². The zero-order valence-electron chi connectivity index (χ0n) is 15.8. The van der Waals surface area contributed by atoms with Crippen molar-refractivity contribution in [2.75, 3.05) is 40.5 Å². The van der Waals surface area contributed by atoms with Crippen LogP contribution in [0.2, 0.25) is 0 Å². The van der Waals surface area contributed by atoms with Crippen LogP contribution in [0.15, 0.2) is 30.3 Å². The molecule has 0 aliphatic heterocycles. The van der Waals surface area contributed by atoms with Gasteiger partial charge >= 0.3 is 0 Å². The van der Waals surface area contributed by atoms with E-state index in [1.54, 1.807) is 7.11 Å². The number of carbonyl (C=O) groups excluding carboxylic acids is 1. The van der Waals surface area contributed by atoms with Crippen LogP contribution in [0.5, 0.6) is 5.75 Å². The van der Waals surface area contributed by atoms with E-state index >= 15 is 0 Å². The van der Waals surface area contributed by atoms with E-state index in [-0.39, 0.29) is 5.78 Å². The number of aryl methyl sites for hydroxylation is 1. The lowest BCUT2D eigenvalue weighted by Crippen LogP contribution is -2.29. The molecule has 0 amide bonds. The molecule has 5 nitrogen and oxygen atoms in total. The number of benzene rings is 1. The number of hydrogen-bond acceptors (Lipinski definition) is 4. The molecule has 0 saturated carbocycles. The summed E-state index contributed by atoms with van der Waals surface area (Å²) in [6.45, 7) is 8.37. The molecule has 1 aromatic carbocycles. The van der Waals surface area contributed by atoms with Crippen molar-refractivity contribution in [1.29, 1.82) is 0 Å². The summed E-state index contributed by atoms with van der Waals surface area (Å²) in [4.78, 5) is 14.6. The summed E-state index contributed by atoms with van der Waals surface area (Å²) in [6, 6.07) is 9.92. The highest BCUT2D eigenvalue weighted by molar-refractivity contribution is 5.99. The largest absolute Gasteiger partial charge is 0.494 e. The van der Waals surface area contributed by atoms with E-state index in [2.05, 4.69) is 4.57 Å². The molecule has 5 heteroatoms. The van der Waals surface area contributed by atoms with E-state index in [1.807, 2.05) is 63.1 Å². The summed E-state index contributed by atoms with van der Waals surface area (Å²) in [5.74, 6) is 0.980. The van der Waals surface area contributed by atoms with Gasteiger partial charge in [0.1, 0.15) is 5.75 Å². The Morgan fingerprint density at radius 2 is 1.88 bits per heavy atom. The van der Waals surface area contributed by atoms with Crippen LogP contribution in [0.1, 0.15) is 28.7 Å². The maximum atomic E-state index is 12.7. The number of ether oxygens (including phenoxy) is 2. The van der Waals surface area contributed by atoms with Gasteiger partial charge in [-0.1, -0.05) is 0 Å². The molecule has 0 spiro atoms. The Labute approximate surface area is 150 Å². The van der Waals surface area contributed by atoms with Crippen LogP contribution in [-0.4, -0.2) is 55.7 Å². The molecular weight excluding hydrogens is 316 g/mol. The predicted molar refractivity (Wildman–Crippen MR) is 100 cm³/mol. The first-order valence-corrected chi connectivity index (χ1v) is 8.60. The van der Waals surface area contributed by atoms with Gasteiger partial charge in [-0.2, -0.15) is 0 Å². The van der Waals surface area contributed by atoms with Crippen molar-refractivity contribution in [1.82, 2.24) is 9.47 Å². The summed E-state index contributed by atoms with van der Waals surface area (Å²) >= 11 is 0. The Bertz CT molecular complexity index is 704. The molecule has 0 unspecified atom stereocenters. The highest BCUT2D eigenvalue weighted by atomic mass is 16.5. The Morgan fingerprint density at radius 1 is 1.20 bits per heavy atom. The summed E-state index contributed by atoms with van der Waals surface area (Å²) in [5, 5.41) is 0. The fourth-order valence-electron chi connectivity index (χ4n) is 2.96. The number of Topliss-reactive ketones (excluding diaryl/α,β-unsaturated/α-hetero) is 1. The van der Waals surface area contributed by atoms with Gasteiger partial charge in [0.15, 0.2) is 5.78 Å². The van der Waals surface area contributed by atoms with Crippen LogP contribution in [-0.2, 0) is 4.74 Å². The average Bonchev–Trinajstić information content (AvgIpc) is 2.89. The number of ketones is 1. The van der Waals surface area contributed by atoms with Crippen LogP contribution in [0, 0.1) is 13.8 Å². The summed E-state index contributed by atoms with van der Waals surface area (Å²) < 4.78 is 12.7. The summed E-state index contributed by atoms with van der Waals surface area (Å²) in [7, 11) is 3.60. The minimum atomic E-state index is 0.129. The lowest BCUT2D eigenvalue weighted by atomic mass is 10.1. The van der Waals surface area contributed by atoms with Crippen molar-refractivity contribution in [2.24, 2.45) is 0 Å². The smallest absolute Gasteiger partial charge is 0.178 e. The molecule has 0 aliphatic rings. The van der Waals surface area contributed by atoms with Gasteiger partial charge in [0.05, 0.1) is 19.8 Å². The zero-order valence-corrected chi connectivity index (χ0v) is 15.8. The summed E-state index contributed by atoms with van der Waals surface area (Å²) in [6.07, 6.45) is 0. The molecule has 0 saturated heterocycles. The van der Waals surface area contributed by atoms with Crippen molar-refractivity contribution >= 4 is 5.78 Å². The fourth-order valence-corrected chi connectivity index (χ4v) is 2.96. The van der Waals surface area contributed by atoms with Crippen LogP contribution in [0.3, 0.4) is 0 Å². The van der Waals surface area contributed by atoms with E-state index in [9.17, 15) is 4.79 Å². The average molecular weight is 344 g/mol. The quantitative estimate of drug-likeness (QED) is 0.655. The molecular formula is C20H28N2O3. The van der Waals surface area contributed by atoms with Crippen molar-refractivity contribution in [2.45, 2.75) is 20.8 Å². The molecule has 25 heavy (non-hydrogen) atoms. The van der Waals surface area contributed by atoms with Crippen molar-refractivity contribution in [3.8, 4) is 11.4 Å². The molecule has 0 fully saturated rings. The molecule has 0 atom stereocenters. The highest BCUT2D eigenvalue weighted by Crippen LogP contribution is 2.23. The lowest BCUT2D eigenvalue weighted by molar-refractivity contribution is 0.0922. The zero-order chi connectivity index (χ0) is 18.4. The third kappa shape index (κ3) is 4.71. The van der Waals surface area contributed by atoms with Gasteiger partial charge in [-0.25, -0.2) is 0 Å². The van der Waals surface area contributed by atoms with Gasteiger partial charge in [-0.15, -0.1) is 0 Å². The molecule has 0 bridgehead atoms. The van der Waals surface area contributed by atoms with Gasteiger partial charge in [-0.3, -0.25) is 9.69 Å². The van der Waals surface area contributed by atoms with Crippen LogP contribution >= 0.6 is 0 Å². The normalized spacial score (nSPS) is 11.1. The Balaban J connectivity index is 2.21. The molecule has 0 radical (unpaired) electrons. The molecule has 1 heterocycles. The molecule has 0 aliphatic carbocycles. The monoisotopic (exact) mass is 344 g/mol. The minimum absolute atomic E-state index is 0.129.